The SMILES string of the molecule is CSCCC(NC(=O)C(Cc1ccccc1)NC(=O)C(CO)NC(=O)C(N)CCCCN)C(=O)O. The lowest BCUT2D eigenvalue weighted by Gasteiger charge is -2.24. The molecule has 4 unspecified atom stereocenters. The number of aliphatic hydroxyl groups is 1. The molecule has 0 fully saturated rings. The fourth-order valence-electron chi connectivity index (χ4n) is 3.21. The molecule has 9 N–H and O–H groups in total. The van der Waals surface area contributed by atoms with E-state index in [-0.39, 0.29) is 12.8 Å². The number of carbonyl (C=O) groups excluding carboxylic acids is 3. The number of hydrogen-bond donors (Lipinski definition) is 7. The van der Waals surface area contributed by atoms with Gasteiger partial charge in [0.15, 0.2) is 0 Å². The average molecular weight is 512 g/mol. The van der Waals surface area contributed by atoms with Crippen LogP contribution in [0, 0.1) is 0 Å². The van der Waals surface area contributed by atoms with Gasteiger partial charge in [-0.05, 0) is 43.4 Å². The molecule has 11 nitrogen and oxygen atoms in total. The number of aliphatic hydroxyl groups excluding tert-OH is 1. The number of carboxylic acids is 1. The van der Waals surface area contributed by atoms with Gasteiger partial charge in [0.1, 0.15) is 18.1 Å². The van der Waals surface area contributed by atoms with Crippen molar-refractivity contribution in [1.29, 1.82) is 0 Å². The maximum Gasteiger partial charge on any atom is 0.326 e. The van der Waals surface area contributed by atoms with Crippen molar-refractivity contribution in [2.45, 2.75) is 56.3 Å². The summed E-state index contributed by atoms with van der Waals surface area (Å²) in [5, 5.41) is 26.5. The zero-order chi connectivity index (χ0) is 26.2. The van der Waals surface area contributed by atoms with Crippen molar-refractivity contribution >= 4 is 35.5 Å². The minimum absolute atomic E-state index is 0.0813. The molecule has 0 aliphatic heterocycles. The summed E-state index contributed by atoms with van der Waals surface area (Å²) in [6.45, 7) is -0.237. The van der Waals surface area contributed by atoms with Crippen LogP contribution in [0.2, 0.25) is 0 Å². The summed E-state index contributed by atoms with van der Waals surface area (Å²) in [5.41, 5.74) is 12.0. The third-order valence-electron chi connectivity index (χ3n) is 5.26. The largest absolute Gasteiger partial charge is 0.480 e. The first-order valence-corrected chi connectivity index (χ1v) is 12.9. The van der Waals surface area contributed by atoms with Gasteiger partial charge in [-0.3, -0.25) is 14.4 Å². The number of rotatable bonds is 17. The van der Waals surface area contributed by atoms with Crippen molar-refractivity contribution < 1.29 is 29.4 Å². The zero-order valence-corrected chi connectivity index (χ0v) is 20.8. The van der Waals surface area contributed by atoms with Crippen LogP contribution in [0.15, 0.2) is 30.3 Å². The maximum atomic E-state index is 13.0. The molecule has 0 saturated heterocycles. The molecule has 0 radical (unpaired) electrons. The molecule has 0 aliphatic rings. The monoisotopic (exact) mass is 511 g/mol. The zero-order valence-electron chi connectivity index (χ0n) is 19.9. The lowest BCUT2D eigenvalue weighted by atomic mass is 10.0. The minimum Gasteiger partial charge on any atom is -0.480 e. The molecule has 196 valence electrons. The second-order valence-corrected chi connectivity index (χ2v) is 9.05. The molecule has 0 saturated carbocycles. The predicted octanol–water partition coefficient (Wildman–Crippen LogP) is -1.03. The van der Waals surface area contributed by atoms with Crippen LogP contribution in [0.4, 0.5) is 0 Å². The van der Waals surface area contributed by atoms with Crippen LogP contribution in [0.25, 0.3) is 0 Å². The number of unbranched alkanes of at least 4 members (excludes halogenated alkanes) is 1. The first kappa shape index (κ1) is 30.4. The van der Waals surface area contributed by atoms with Gasteiger partial charge in [0.05, 0.1) is 12.6 Å². The number of thioether (sulfide) groups is 1. The number of benzene rings is 1. The molecular formula is C23H37N5O6S. The standard InChI is InChI=1S/C23H37N5O6S/c1-35-12-10-17(23(33)34)26-21(31)18(13-15-7-3-2-4-8-15)27-22(32)19(14-29)28-20(30)16(25)9-5-6-11-24/h2-4,7-8,16-19,29H,5-6,9-14,24-25H2,1H3,(H,26,31)(H,27,32)(H,28,30)(H,33,34). The second-order valence-electron chi connectivity index (χ2n) is 8.07. The number of carboxylic acid groups (broad SMARTS) is 1. The highest BCUT2D eigenvalue weighted by molar-refractivity contribution is 7.98. The van der Waals surface area contributed by atoms with Crippen molar-refractivity contribution in [2.24, 2.45) is 11.5 Å². The first-order valence-electron chi connectivity index (χ1n) is 11.5. The number of aliphatic carboxylic acids is 1. The summed E-state index contributed by atoms with van der Waals surface area (Å²) >= 11 is 1.45. The normalized spacial score (nSPS) is 14.3. The Morgan fingerprint density at radius 2 is 1.51 bits per heavy atom. The maximum absolute atomic E-state index is 13.0. The van der Waals surface area contributed by atoms with Gasteiger partial charge < -0.3 is 37.6 Å². The minimum atomic E-state index is -1.33. The van der Waals surface area contributed by atoms with Gasteiger partial charge >= 0.3 is 5.97 Å². The summed E-state index contributed by atoms with van der Waals surface area (Å²) in [7, 11) is 0. The fraction of sp³-hybridized carbons (Fsp3) is 0.565. The highest BCUT2D eigenvalue weighted by Gasteiger charge is 2.30. The average Bonchev–Trinajstić information content (AvgIpc) is 2.84. The predicted molar refractivity (Wildman–Crippen MR) is 135 cm³/mol. The summed E-state index contributed by atoms with van der Waals surface area (Å²) in [6.07, 6.45) is 3.84. The van der Waals surface area contributed by atoms with Gasteiger partial charge in [-0.15, -0.1) is 0 Å². The van der Waals surface area contributed by atoms with Crippen molar-refractivity contribution in [3.05, 3.63) is 35.9 Å². The van der Waals surface area contributed by atoms with Crippen LogP contribution < -0.4 is 27.4 Å². The van der Waals surface area contributed by atoms with Crippen LogP contribution in [0.5, 0.6) is 0 Å². The van der Waals surface area contributed by atoms with E-state index >= 15 is 0 Å². The van der Waals surface area contributed by atoms with Gasteiger partial charge in [0.25, 0.3) is 0 Å². The molecule has 0 spiro atoms. The van der Waals surface area contributed by atoms with Gasteiger partial charge in [0.2, 0.25) is 17.7 Å². The van der Waals surface area contributed by atoms with Gasteiger partial charge in [0, 0.05) is 6.42 Å². The molecule has 0 aliphatic carbocycles. The number of hydrogen-bond acceptors (Lipinski definition) is 8. The Balaban J connectivity index is 2.93. The van der Waals surface area contributed by atoms with E-state index in [4.69, 9.17) is 11.5 Å². The number of nitrogens with one attached hydrogen (secondary N) is 3. The van der Waals surface area contributed by atoms with Crippen LogP contribution in [-0.2, 0) is 25.6 Å². The van der Waals surface area contributed by atoms with Crippen molar-refractivity contribution in [2.75, 3.05) is 25.2 Å². The molecule has 1 aromatic rings. The van der Waals surface area contributed by atoms with Crippen LogP contribution in [0.3, 0.4) is 0 Å². The third-order valence-corrected chi connectivity index (χ3v) is 5.91. The van der Waals surface area contributed by atoms with E-state index in [1.807, 2.05) is 6.26 Å². The molecular weight excluding hydrogens is 474 g/mol. The van der Waals surface area contributed by atoms with E-state index in [1.165, 1.54) is 11.8 Å². The van der Waals surface area contributed by atoms with E-state index in [0.717, 1.165) is 5.56 Å². The third kappa shape index (κ3) is 11.5. The van der Waals surface area contributed by atoms with Crippen molar-refractivity contribution in [3.63, 3.8) is 0 Å². The summed E-state index contributed by atoms with van der Waals surface area (Å²) in [5.74, 6) is -2.74. The van der Waals surface area contributed by atoms with E-state index < -0.39 is 54.5 Å². The van der Waals surface area contributed by atoms with Gasteiger partial charge in [-0.1, -0.05) is 36.8 Å². The van der Waals surface area contributed by atoms with E-state index in [9.17, 15) is 29.4 Å². The Kier molecular flexibility index (Phi) is 14.6. The molecule has 1 rings (SSSR count). The molecule has 3 amide bonds. The molecule has 0 heterocycles. The molecule has 35 heavy (non-hydrogen) atoms. The van der Waals surface area contributed by atoms with Crippen LogP contribution >= 0.6 is 11.8 Å². The molecule has 4 atom stereocenters. The summed E-state index contributed by atoms with van der Waals surface area (Å²) in [4.78, 5) is 49.7. The summed E-state index contributed by atoms with van der Waals surface area (Å²) in [6, 6.07) is 4.41. The quantitative estimate of drug-likeness (QED) is 0.128. The molecule has 0 aromatic heterocycles. The fourth-order valence-corrected chi connectivity index (χ4v) is 3.68. The lowest BCUT2D eigenvalue weighted by Crippen LogP contribution is -2.58. The number of amides is 3. The van der Waals surface area contributed by atoms with Crippen LogP contribution in [0.1, 0.15) is 31.2 Å². The topological polar surface area (TPSA) is 197 Å². The highest BCUT2D eigenvalue weighted by atomic mass is 32.2. The van der Waals surface area contributed by atoms with E-state index in [2.05, 4.69) is 16.0 Å². The van der Waals surface area contributed by atoms with Crippen molar-refractivity contribution in [3.8, 4) is 0 Å². The Hall–Kier alpha value is -2.67. The number of carbonyl (C=O) groups is 4. The first-order chi connectivity index (χ1) is 16.7. The molecule has 1 aromatic carbocycles. The summed E-state index contributed by atoms with van der Waals surface area (Å²) < 4.78 is 0. The van der Waals surface area contributed by atoms with Gasteiger partial charge in [-0.25, -0.2) is 4.79 Å². The molecule has 12 heteroatoms. The van der Waals surface area contributed by atoms with Crippen LogP contribution in [-0.4, -0.2) is 83.2 Å². The van der Waals surface area contributed by atoms with E-state index in [1.54, 1.807) is 30.3 Å². The van der Waals surface area contributed by atoms with E-state index in [0.29, 0.717) is 31.6 Å². The Bertz CT molecular complexity index is 813. The second kappa shape index (κ2) is 16.9. The molecule has 0 bridgehead atoms. The smallest absolute Gasteiger partial charge is 0.326 e. The Morgan fingerprint density at radius 1 is 0.914 bits per heavy atom. The Labute approximate surface area is 209 Å². The number of nitrogens with two attached hydrogens (primary N) is 2. The van der Waals surface area contributed by atoms with Crippen molar-refractivity contribution in [1.82, 2.24) is 16.0 Å². The highest BCUT2D eigenvalue weighted by Crippen LogP contribution is 2.07. The van der Waals surface area contributed by atoms with Gasteiger partial charge in [-0.2, -0.15) is 11.8 Å². The lowest BCUT2D eigenvalue weighted by molar-refractivity contribution is -0.142. The Morgan fingerprint density at radius 3 is 2.09 bits per heavy atom.